The van der Waals surface area contributed by atoms with E-state index in [9.17, 15) is 14.7 Å². The highest BCUT2D eigenvalue weighted by atomic mass is 16.4. The predicted molar refractivity (Wildman–Crippen MR) is 76.4 cm³/mol. The normalized spacial score (nSPS) is 21.4. The Labute approximate surface area is 118 Å². The Balaban J connectivity index is 2.35. The van der Waals surface area contributed by atoms with Gasteiger partial charge in [-0.1, -0.05) is 38.1 Å². The molecule has 0 radical (unpaired) electrons. The Kier molecular flexibility index (Phi) is 3.93. The zero-order chi connectivity index (χ0) is 14.8. The van der Waals surface area contributed by atoms with Crippen LogP contribution in [0.25, 0.3) is 0 Å². The van der Waals surface area contributed by atoms with Gasteiger partial charge in [0.05, 0.1) is 0 Å². The van der Waals surface area contributed by atoms with E-state index in [4.69, 9.17) is 0 Å². The van der Waals surface area contributed by atoms with E-state index in [1.807, 2.05) is 19.9 Å². The summed E-state index contributed by atoms with van der Waals surface area (Å²) in [5, 5.41) is 9.63. The fourth-order valence-corrected chi connectivity index (χ4v) is 2.68. The fourth-order valence-electron chi connectivity index (χ4n) is 2.68. The quantitative estimate of drug-likeness (QED) is 0.858. The van der Waals surface area contributed by atoms with Gasteiger partial charge in [0.15, 0.2) is 5.54 Å². The first-order chi connectivity index (χ1) is 9.47. The second-order valence-corrected chi connectivity index (χ2v) is 5.51. The minimum absolute atomic E-state index is 0.180. The monoisotopic (exact) mass is 273 g/mol. The van der Waals surface area contributed by atoms with Gasteiger partial charge in [0, 0.05) is 12.1 Å². The predicted octanol–water partition coefficient (Wildman–Crippen LogP) is 2.57. The summed E-state index contributed by atoms with van der Waals surface area (Å²) in [4.78, 5) is 25.8. The molecule has 0 saturated heterocycles. The molecule has 1 aromatic carbocycles. The second kappa shape index (κ2) is 5.49. The van der Waals surface area contributed by atoms with E-state index in [1.165, 1.54) is 4.90 Å². The average molecular weight is 273 g/mol. The Morgan fingerprint density at radius 3 is 2.50 bits per heavy atom. The number of rotatable bonds is 4. The van der Waals surface area contributed by atoms with Gasteiger partial charge in [0.2, 0.25) is 0 Å². The van der Waals surface area contributed by atoms with E-state index in [1.54, 1.807) is 36.4 Å². The molecule has 0 bridgehead atoms. The highest BCUT2D eigenvalue weighted by molar-refractivity contribution is 5.99. The van der Waals surface area contributed by atoms with Gasteiger partial charge in [-0.2, -0.15) is 0 Å². The molecule has 1 unspecified atom stereocenters. The van der Waals surface area contributed by atoms with Crippen LogP contribution in [-0.4, -0.2) is 34.0 Å². The molecule has 0 spiro atoms. The van der Waals surface area contributed by atoms with Gasteiger partial charge >= 0.3 is 5.97 Å². The summed E-state index contributed by atoms with van der Waals surface area (Å²) >= 11 is 0. The minimum atomic E-state index is -1.22. The number of nitrogens with zero attached hydrogens (tertiary/aromatic N) is 1. The lowest BCUT2D eigenvalue weighted by Gasteiger charge is -2.35. The minimum Gasteiger partial charge on any atom is -0.479 e. The van der Waals surface area contributed by atoms with E-state index >= 15 is 0 Å². The van der Waals surface area contributed by atoms with Crippen molar-refractivity contribution in [1.29, 1.82) is 0 Å². The van der Waals surface area contributed by atoms with Crippen molar-refractivity contribution in [3.05, 3.63) is 48.0 Å². The summed E-state index contributed by atoms with van der Waals surface area (Å²) in [6, 6.07) is 8.81. The molecular weight excluding hydrogens is 254 g/mol. The molecule has 0 aliphatic carbocycles. The van der Waals surface area contributed by atoms with Gasteiger partial charge in [-0.3, -0.25) is 4.79 Å². The maximum atomic E-state index is 12.6. The second-order valence-electron chi connectivity index (χ2n) is 5.51. The fraction of sp³-hybridized carbons (Fsp3) is 0.375. The number of hydrogen-bond donors (Lipinski definition) is 1. The van der Waals surface area contributed by atoms with Crippen molar-refractivity contribution in [2.24, 2.45) is 5.92 Å². The highest BCUT2D eigenvalue weighted by Crippen LogP contribution is 2.32. The zero-order valence-electron chi connectivity index (χ0n) is 11.7. The van der Waals surface area contributed by atoms with Crippen LogP contribution in [0.3, 0.4) is 0 Å². The summed E-state index contributed by atoms with van der Waals surface area (Å²) in [7, 11) is 0. The topological polar surface area (TPSA) is 57.6 Å². The number of carbonyl (C=O) groups is 2. The molecule has 20 heavy (non-hydrogen) atoms. The molecule has 0 fully saturated rings. The van der Waals surface area contributed by atoms with Crippen LogP contribution in [0.15, 0.2) is 42.5 Å². The lowest BCUT2D eigenvalue weighted by atomic mass is 9.88. The van der Waals surface area contributed by atoms with Crippen molar-refractivity contribution < 1.29 is 14.7 Å². The van der Waals surface area contributed by atoms with Crippen LogP contribution in [0.2, 0.25) is 0 Å². The number of benzene rings is 1. The van der Waals surface area contributed by atoms with Gasteiger partial charge in [0.25, 0.3) is 5.91 Å². The SMILES string of the molecule is CC(C)CC1(C(=O)O)C=CCN1C(=O)c1ccccc1. The Morgan fingerprint density at radius 2 is 1.95 bits per heavy atom. The summed E-state index contributed by atoms with van der Waals surface area (Å²) < 4.78 is 0. The van der Waals surface area contributed by atoms with Crippen molar-refractivity contribution >= 4 is 11.9 Å². The van der Waals surface area contributed by atoms with Crippen LogP contribution in [0, 0.1) is 5.92 Å². The molecule has 0 saturated carbocycles. The standard InChI is InChI=1S/C16H19NO3/c1-12(2)11-16(15(19)20)9-6-10-17(16)14(18)13-7-4-3-5-8-13/h3-9,12H,10-11H2,1-2H3,(H,19,20). The number of hydrogen-bond acceptors (Lipinski definition) is 2. The molecule has 0 aromatic heterocycles. The third kappa shape index (κ3) is 2.46. The Hall–Kier alpha value is -2.10. The van der Waals surface area contributed by atoms with Crippen LogP contribution in [0.4, 0.5) is 0 Å². The summed E-state index contributed by atoms with van der Waals surface area (Å²) in [6.45, 7) is 4.26. The van der Waals surface area contributed by atoms with Crippen molar-refractivity contribution in [2.45, 2.75) is 25.8 Å². The number of carboxylic acids is 1. The molecule has 1 aromatic rings. The van der Waals surface area contributed by atoms with Crippen molar-refractivity contribution in [1.82, 2.24) is 4.90 Å². The lowest BCUT2D eigenvalue weighted by molar-refractivity contribution is -0.147. The highest BCUT2D eigenvalue weighted by Gasteiger charge is 2.47. The number of carbonyl (C=O) groups excluding carboxylic acids is 1. The van der Waals surface area contributed by atoms with E-state index in [-0.39, 0.29) is 11.8 Å². The number of aliphatic carboxylic acids is 1. The van der Waals surface area contributed by atoms with Gasteiger partial charge < -0.3 is 10.0 Å². The Bertz CT molecular complexity index is 536. The smallest absolute Gasteiger partial charge is 0.333 e. The van der Waals surface area contributed by atoms with Gasteiger partial charge in [-0.05, 0) is 30.5 Å². The lowest BCUT2D eigenvalue weighted by Crippen LogP contribution is -2.54. The van der Waals surface area contributed by atoms with Crippen LogP contribution >= 0.6 is 0 Å². The van der Waals surface area contributed by atoms with E-state index in [2.05, 4.69) is 0 Å². The maximum absolute atomic E-state index is 12.6. The summed E-state index contributed by atoms with van der Waals surface area (Å²) in [6.07, 6.45) is 3.82. The third-order valence-electron chi connectivity index (χ3n) is 3.52. The molecule has 1 N–H and O–H groups in total. The van der Waals surface area contributed by atoms with Gasteiger partial charge in [0.1, 0.15) is 0 Å². The van der Waals surface area contributed by atoms with Crippen molar-refractivity contribution in [2.75, 3.05) is 6.54 Å². The van der Waals surface area contributed by atoms with E-state index in [0.29, 0.717) is 18.5 Å². The number of amides is 1. The van der Waals surface area contributed by atoms with Crippen LogP contribution in [-0.2, 0) is 4.79 Å². The summed E-state index contributed by atoms with van der Waals surface area (Å²) in [5.74, 6) is -1.03. The third-order valence-corrected chi connectivity index (χ3v) is 3.52. The van der Waals surface area contributed by atoms with Crippen LogP contribution < -0.4 is 0 Å². The van der Waals surface area contributed by atoms with E-state index < -0.39 is 11.5 Å². The van der Waals surface area contributed by atoms with Crippen LogP contribution in [0.1, 0.15) is 30.6 Å². The molecule has 1 aliphatic heterocycles. The van der Waals surface area contributed by atoms with E-state index in [0.717, 1.165) is 0 Å². The van der Waals surface area contributed by atoms with Gasteiger partial charge in [-0.15, -0.1) is 0 Å². The Morgan fingerprint density at radius 1 is 1.30 bits per heavy atom. The average Bonchev–Trinajstić information content (AvgIpc) is 2.83. The summed E-state index contributed by atoms with van der Waals surface area (Å²) in [5.41, 5.74) is -0.702. The molecule has 2 rings (SSSR count). The largest absolute Gasteiger partial charge is 0.479 e. The first-order valence-corrected chi connectivity index (χ1v) is 6.75. The maximum Gasteiger partial charge on any atom is 0.333 e. The molecule has 1 aliphatic rings. The van der Waals surface area contributed by atoms with Crippen molar-refractivity contribution in [3.63, 3.8) is 0 Å². The molecule has 106 valence electrons. The van der Waals surface area contributed by atoms with Crippen LogP contribution in [0.5, 0.6) is 0 Å². The molecular formula is C16H19NO3. The zero-order valence-corrected chi connectivity index (χ0v) is 11.7. The molecule has 1 atom stereocenters. The molecule has 4 nitrogen and oxygen atoms in total. The van der Waals surface area contributed by atoms with Gasteiger partial charge in [-0.25, -0.2) is 4.79 Å². The first-order valence-electron chi connectivity index (χ1n) is 6.75. The first kappa shape index (κ1) is 14.3. The molecule has 1 amide bonds. The number of carboxylic acid groups (broad SMARTS) is 1. The molecule has 4 heteroatoms. The van der Waals surface area contributed by atoms with Crippen molar-refractivity contribution in [3.8, 4) is 0 Å². The molecule has 1 heterocycles.